The molecule has 226 valence electrons. The van der Waals surface area contributed by atoms with Gasteiger partial charge in [-0.15, -0.1) is 0 Å². The fourth-order valence-corrected chi connectivity index (χ4v) is 4.78. The molecule has 6 atom stereocenters. The first-order chi connectivity index (χ1) is 18.4. The third kappa shape index (κ3) is 16.2. The average Bonchev–Trinajstić information content (AvgIpc) is 2.90. The van der Waals surface area contributed by atoms with E-state index < -0.39 is 42.8 Å². The van der Waals surface area contributed by atoms with Crippen molar-refractivity contribution in [3.05, 3.63) is 0 Å². The Kier molecular flexibility index (Phi) is 21.0. The third-order valence-corrected chi connectivity index (χ3v) is 7.34. The normalized spacial score (nSPS) is 24.3. The topological polar surface area (TPSA) is 135 Å². The van der Waals surface area contributed by atoms with E-state index in [0.29, 0.717) is 6.61 Å². The van der Waals surface area contributed by atoms with E-state index in [9.17, 15) is 25.2 Å². The summed E-state index contributed by atoms with van der Waals surface area (Å²) >= 11 is 0. The highest BCUT2D eigenvalue weighted by Gasteiger charge is 2.44. The second kappa shape index (κ2) is 22.8. The fourth-order valence-electron chi connectivity index (χ4n) is 4.78. The van der Waals surface area contributed by atoms with Gasteiger partial charge in [-0.3, -0.25) is 0 Å². The Hall–Kier alpha value is -0.970. The number of aliphatic hydroxyl groups is 4. The van der Waals surface area contributed by atoms with Crippen LogP contribution in [0.1, 0.15) is 116 Å². The van der Waals surface area contributed by atoms with Crippen molar-refractivity contribution >= 4 is 6.16 Å². The van der Waals surface area contributed by atoms with E-state index in [-0.39, 0.29) is 19.6 Å². The van der Waals surface area contributed by atoms with Crippen molar-refractivity contribution in [3.63, 3.8) is 0 Å². The molecule has 0 heterocycles. The molecule has 0 unspecified atom stereocenters. The van der Waals surface area contributed by atoms with E-state index in [2.05, 4.69) is 6.92 Å². The summed E-state index contributed by atoms with van der Waals surface area (Å²) in [7, 11) is 1.49. The van der Waals surface area contributed by atoms with E-state index in [0.717, 1.165) is 12.8 Å². The van der Waals surface area contributed by atoms with Gasteiger partial charge in [0.15, 0.2) is 6.10 Å². The second-order valence-electron chi connectivity index (χ2n) is 10.7. The highest BCUT2D eigenvalue weighted by molar-refractivity contribution is 5.60. The summed E-state index contributed by atoms with van der Waals surface area (Å²) < 4.78 is 20.9. The maximum absolute atomic E-state index is 11.9. The predicted octanol–water partition coefficient (Wildman–Crippen LogP) is 4.65. The van der Waals surface area contributed by atoms with Crippen LogP contribution < -0.4 is 0 Å². The maximum Gasteiger partial charge on any atom is 0.508 e. The fraction of sp³-hybridized carbons (Fsp3) is 0.966. The molecular weight excluding hydrogens is 492 g/mol. The lowest BCUT2D eigenvalue weighted by Gasteiger charge is -2.37. The van der Waals surface area contributed by atoms with E-state index in [1.807, 2.05) is 0 Å². The summed E-state index contributed by atoms with van der Waals surface area (Å²) in [5.74, 6) is 0. The number of carbonyl (C=O) groups excluding carboxylic acids is 1. The molecule has 1 rings (SSSR count). The summed E-state index contributed by atoms with van der Waals surface area (Å²) in [6.07, 6.45) is 12.2. The van der Waals surface area contributed by atoms with Crippen LogP contribution >= 0.6 is 0 Å². The summed E-state index contributed by atoms with van der Waals surface area (Å²) in [6, 6.07) is 0. The van der Waals surface area contributed by atoms with Crippen molar-refractivity contribution in [1.82, 2.24) is 0 Å². The number of methoxy groups -OCH3 is 1. The molecule has 0 spiro atoms. The largest absolute Gasteiger partial charge is 0.508 e. The van der Waals surface area contributed by atoms with E-state index >= 15 is 0 Å². The molecule has 1 aliphatic rings. The molecule has 1 saturated carbocycles. The zero-order valence-electron chi connectivity index (χ0n) is 23.9. The SMILES string of the molecule is CCCCCCCCCCCCCCCCCCOC[C@H](COC(=O)O[C@H]1[C@@H](O)[C@@H](O)[C@H](O)C[C@H]1O)OC. The Morgan fingerprint density at radius 1 is 0.711 bits per heavy atom. The number of carbonyl (C=O) groups is 1. The number of aliphatic hydroxyl groups excluding tert-OH is 4. The van der Waals surface area contributed by atoms with Crippen molar-refractivity contribution in [1.29, 1.82) is 0 Å². The molecule has 0 saturated heterocycles. The van der Waals surface area contributed by atoms with Gasteiger partial charge < -0.3 is 39.4 Å². The van der Waals surface area contributed by atoms with E-state index in [4.69, 9.17) is 18.9 Å². The van der Waals surface area contributed by atoms with Gasteiger partial charge >= 0.3 is 6.16 Å². The quantitative estimate of drug-likeness (QED) is 0.106. The zero-order chi connectivity index (χ0) is 28.0. The van der Waals surface area contributed by atoms with Crippen LogP contribution in [0.25, 0.3) is 0 Å². The van der Waals surface area contributed by atoms with Gasteiger partial charge in [0.2, 0.25) is 0 Å². The van der Waals surface area contributed by atoms with Gasteiger partial charge in [0.25, 0.3) is 0 Å². The monoisotopic (exact) mass is 548 g/mol. The average molecular weight is 549 g/mol. The maximum atomic E-state index is 11.9. The van der Waals surface area contributed by atoms with Crippen molar-refractivity contribution in [2.24, 2.45) is 0 Å². The van der Waals surface area contributed by atoms with Gasteiger partial charge in [-0.25, -0.2) is 4.79 Å². The molecule has 0 aromatic carbocycles. The molecule has 0 aromatic rings. The highest BCUT2D eigenvalue weighted by Crippen LogP contribution is 2.23. The van der Waals surface area contributed by atoms with Crippen molar-refractivity contribution < 1.29 is 44.2 Å². The molecular formula is C29H56O9. The molecule has 0 aromatic heterocycles. The van der Waals surface area contributed by atoms with Crippen LogP contribution in [0.3, 0.4) is 0 Å². The van der Waals surface area contributed by atoms with Gasteiger partial charge in [0, 0.05) is 20.1 Å². The van der Waals surface area contributed by atoms with Crippen molar-refractivity contribution in [2.75, 3.05) is 26.9 Å². The van der Waals surface area contributed by atoms with Crippen LogP contribution in [0.2, 0.25) is 0 Å². The molecule has 0 radical (unpaired) electrons. The zero-order valence-corrected chi connectivity index (χ0v) is 23.9. The lowest BCUT2D eigenvalue weighted by atomic mass is 9.87. The van der Waals surface area contributed by atoms with Crippen LogP contribution in [0.15, 0.2) is 0 Å². The number of rotatable bonds is 23. The van der Waals surface area contributed by atoms with E-state index in [1.54, 1.807) is 0 Å². The number of ether oxygens (including phenoxy) is 4. The molecule has 38 heavy (non-hydrogen) atoms. The second-order valence-corrected chi connectivity index (χ2v) is 10.7. The first-order valence-corrected chi connectivity index (χ1v) is 15.1. The van der Waals surface area contributed by atoms with Gasteiger partial charge in [-0.1, -0.05) is 103 Å². The Morgan fingerprint density at radius 2 is 1.21 bits per heavy atom. The minimum absolute atomic E-state index is 0.113. The molecule has 0 amide bonds. The summed E-state index contributed by atoms with van der Waals surface area (Å²) in [6.45, 7) is 3.03. The molecule has 9 nitrogen and oxygen atoms in total. The van der Waals surface area contributed by atoms with Gasteiger partial charge in [-0.05, 0) is 6.42 Å². The minimum atomic E-state index is -1.61. The predicted molar refractivity (Wildman–Crippen MR) is 146 cm³/mol. The summed E-state index contributed by atoms with van der Waals surface area (Å²) in [4.78, 5) is 11.9. The lowest BCUT2D eigenvalue weighted by Crippen LogP contribution is -2.57. The third-order valence-electron chi connectivity index (χ3n) is 7.34. The van der Waals surface area contributed by atoms with E-state index in [1.165, 1.54) is 97.0 Å². The Morgan fingerprint density at radius 3 is 1.71 bits per heavy atom. The van der Waals surface area contributed by atoms with Gasteiger partial charge in [0.1, 0.15) is 24.9 Å². The first-order valence-electron chi connectivity index (χ1n) is 15.1. The Labute approximate surface area is 230 Å². The molecule has 1 aliphatic carbocycles. The molecule has 1 fully saturated rings. The lowest BCUT2D eigenvalue weighted by molar-refractivity contribution is -0.183. The Bertz CT molecular complexity index is 562. The van der Waals surface area contributed by atoms with Crippen molar-refractivity contribution in [2.45, 2.75) is 153 Å². The van der Waals surface area contributed by atoms with Crippen LogP contribution in [-0.2, 0) is 18.9 Å². The van der Waals surface area contributed by atoms with Crippen molar-refractivity contribution in [3.8, 4) is 0 Å². The van der Waals surface area contributed by atoms with Crippen LogP contribution in [0.5, 0.6) is 0 Å². The van der Waals surface area contributed by atoms with Crippen LogP contribution in [0, 0.1) is 0 Å². The Balaban J connectivity index is 1.94. The number of hydrogen-bond acceptors (Lipinski definition) is 9. The molecule has 9 heteroatoms. The number of hydrogen-bond donors (Lipinski definition) is 4. The smallest absolute Gasteiger partial charge is 0.431 e. The molecule has 0 aliphatic heterocycles. The highest BCUT2D eigenvalue weighted by atomic mass is 16.7. The van der Waals surface area contributed by atoms with Crippen LogP contribution in [0.4, 0.5) is 4.79 Å². The standard InChI is InChI=1S/C29H56O9/c1-3-4-5-6-7-8-9-10-11-12-13-14-15-16-17-18-19-36-21-23(35-2)22-37-29(34)38-28-25(31)20-24(30)26(32)27(28)33/h23-28,30-33H,3-22H2,1-2H3/t23-,24-,25-,26+,27+,28-/m1/s1. The molecule has 4 N–H and O–H groups in total. The van der Waals surface area contributed by atoms with Gasteiger partial charge in [0.05, 0.1) is 18.8 Å². The van der Waals surface area contributed by atoms with Crippen LogP contribution in [-0.4, -0.2) is 90.1 Å². The molecule has 0 bridgehead atoms. The van der Waals surface area contributed by atoms with Gasteiger partial charge in [-0.2, -0.15) is 0 Å². The number of unbranched alkanes of at least 4 members (excludes halogenated alkanes) is 15. The summed E-state index contributed by atoms with van der Waals surface area (Å²) in [5, 5.41) is 39.1. The first kappa shape index (κ1) is 35.1. The summed E-state index contributed by atoms with van der Waals surface area (Å²) in [5.41, 5.74) is 0. The minimum Gasteiger partial charge on any atom is -0.431 e.